The number of benzene rings is 2. The summed E-state index contributed by atoms with van der Waals surface area (Å²) in [6, 6.07) is 9.12. The first-order chi connectivity index (χ1) is 9.84. The molecule has 112 valence electrons. The van der Waals surface area contributed by atoms with E-state index in [9.17, 15) is 13.2 Å². The van der Waals surface area contributed by atoms with Gasteiger partial charge in [0.15, 0.2) is 0 Å². The van der Waals surface area contributed by atoms with E-state index >= 15 is 0 Å². The van der Waals surface area contributed by atoms with Gasteiger partial charge < -0.3 is 5.73 Å². The van der Waals surface area contributed by atoms with Crippen molar-refractivity contribution in [3.8, 4) is 0 Å². The predicted octanol–water partition coefficient (Wildman–Crippen LogP) is 3.49. The molecule has 2 aromatic carbocycles. The Morgan fingerprint density at radius 2 is 1.71 bits per heavy atom. The number of hydrogen-bond acceptors (Lipinski definition) is 3. The van der Waals surface area contributed by atoms with Crippen LogP contribution in [-0.2, 0) is 6.18 Å². The van der Waals surface area contributed by atoms with Crippen LogP contribution in [0.15, 0.2) is 42.5 Å². The summed E-state index contributed by atoms with van der Waals surface area (Å²) in [6.07, 6.45) is -4.46. The third-order valence-electron chi connectivity index (χ3n) is 3.11. The molecule has 1 atom stereocenters. The number of rotatable bonds is 3. The number of alkyl halides is 3. The number of nitrogen functional groups attached to an aromatic ring is 1. The van der Waals surface area contributed by atoms with Crippen LogP contribution in [0.25, 0.3) is 0 Å². The highest BCUT2D eigenvalue weighted by atomic mass is 35.5. The van der Waals surface area contributed by atoms with E-state index in [-0.39, 0.29) is 11.3 Å². The maximum absolute atomic E-state index is 12.8. The smallest absolute Gasteiger partial charge is 0.398 e. The van der Waals surface area contributed by atoms with Gasteiger partial charge in [-0.25, -0.2) is 5.43 Å². The lowest BCUT2D eigenvalue weighted by Gasteiger charge is -2.21. The third kappa shape index (κ3) is 3.29. The summed E-state index contributed by atoms with van der Waals surface area (Å²) in [5.41, 5.74) is 8.43. The molecule has 0 heterocycles. The summed E-state index contributed by atoms with van der Waals surface area (Å²) in [6.45, 7) is 0. The first-order valence-corrected chi connectivity index (χ1v) is 6.39. The summed E-state index contributed by atoms with van der Waals surface area (Å²) in [5.74, 6) is 5.49. The van der Waals surface area contributed by atoms with E-state index in [2.05, 4.69) is 5.43 Å². The molecule has 0 saturated carbocycles. The van der Waals surface area contributed by atoms with Crippen LogP contribution in [0.5, 0.6) is 0 Å². The minimum atomic E-state index is -4.46. The molecular weight excluding hydrogens is 303 g/mol. The van der Waals surface area contributed by atoms with Crippen LogP contribution in [0.1, 0.15) is 22.7 Å². The van der Waals surface area contributed by atoms with Gasteiger partial charge in [0.25, 0.3) is 0 Å². The van der Waals surface area contributed by atoms with Gasteiger partial charge in [0, 0.05) is 10.7 Å². The minimum Gasteiger partial charge on any atom is -0.398 e. The zero-order valence-electron chi connectivity index (χ0n) is 10.8. The fourth-order valence-electron chi connectivity index (χ4n) is 2.06. The quantitative estimate of drug-likeness (QED) is 0.461. The average molecular weight is 316 g/mol. The standard InChI is InChI=1S/C14H13ClF3N3/c15-11-4-2-1-3-9(11)13(21-20)10-7-8(14(16,17)18)5-6-12(10)19/h1-7,13,21H,19-20H2. The number of nitrogens with one attached hydrogen (secondary N) is 1. The summed E-state index contributed by atoms with van der Waals surface area (Å²) in [5, 5.41) is 0.386. The molecule has 0 saturated heterocycles. The molecule has 5 N–H and O–H groups in total. The number of hydrazine groups is 1. The van der Waals surface area contributed by atoms with Gasteiger partial charge in [-0.3, -0.25) is 5.84 Å². The molecule has 0 aliphatic heterocycles. The molecule has 0 radical (unpaired) electrons. The molecule has 7 heteroatoms. The Kier molecular flexibility index (Phi) is 4.41. The number of anilines is 1. The van der Waals surface area contributed by atoms with Gasteiger partial charge in [0.1, 0.15) is 0 Å². The van der Waals surface area contributed by atoms with Crippen LogP contribution in [0.4, 0.5) is 18.9 Å². The van der Waals surface area contributed by atoms with Gasteiger partial charge in [-0.05, 0) is 35.4 Å². The fourth-order valence-corrected chi connectivity index (χ4v) is 2.30. The lowest BCUT2D eigenvalue weighted by atomic mass is 9.96. The Labute approximate surface area is 124 Å². The van der Waals surface area contributed by atoms with Gasteiger partial charge in [0.05, 0.1) is 11.6 Å². The van der Waals surface area contributed by atoms with Crippen molar-refractivity contribution in [1.29, 1.82) is 0 Å². The molecule has 0 aromatic heterocycles. The molecule has 2 rings (SSSR count). The second-order valence-corrected chi connectivity index (χ2v) is 4.87. The lowest BCUT2D eigenvalue weighted by molar-refractivity contribution is -0.137. The van der Waals surface area contributed by atoms with E-state index in [0.717, 1.165) is 12.1 Å². The van der Waals surface area contributed by atoms with Crippen molar-refractivity contribution in [2.24, 2.45) is 5.84 Å². The van der Waals surface area contributed by atoms with E-state index in [0.29, 0.717) is 10.6 Å². The van der Waals surface area contributed by atoms with E-state index < -0.39 is 17.8 Å². The van der Waals surface area contributed by atoms with Crippen molar-refractivity contribution in [2.45, 2.75) is 12.2 Å². The second-order valence-electron chi connectivity index (χ2n) is 4.46. The Morgan fingerprint density at radius 3 is 2.29 bits per heavy atom. The molecule has 0 spiro atoms. The highest BCUT2D eigenvalue weighted by Crippen LogP contribution is 2.36. The average Bonchev–Trinajstić information content (AvgIpc) is 2.42. The topological polar surface area (TPSA) is 64.1 Å². The zero-order chi connectivity index (χ0) is 15.6. The number of halogens is 4. The fraction of sp³-hybridized carbons (Fsp3) is 0.143. The van der Waals surface area contributed by atoms with Crippen molar-refractivity contribution in [1.82, 2.24) is 5.43 Å². The van der Waals surface area contributed by atoms with Crippen LogP contribution in [-0.4, -0.2) is 0 Å². The van der Waals surface area contributed by atoms with E-state index in [1.807, 2.05) is 0 Å². The van der Waals surface area contributed by atoms with E-state index in [1.165, 1.54) is 6.07 Å². The van der Waals surface area contributed by atoms with Crippen LogP contribution < -0.4 is 17.0 Å². The maximum atomic E-state index is 12.8. The third-order valence-corrected chi connectivity index (χ3v) is 3.45. The molecule has 0 amide bonds. The van der Waals surface area contributed by atoms with Gasteiger partial charge in [-0.15, -0.1) is 0 Å². The highest BCUT2D eigenvalue weighted by Gasteiger charge is 2.32. The Hall–Kier alpha value is -1.76. The summed E-state index contributed by atoms with van der Waals surface area (Å²) in [7, 11) is 0. The Morgan fingerprint density at radius 1 is 1.05 bits per heavy atom. The minimum absolute atomic E-state index is 0.200. The molecule has 21 heavy (non-hydrogen) atoms. The zero-order valence-corrected chi connectivity index (χ0v) is 11.5. The molecule has 3 nitrogen and oxygen atoms in total. The van der Waals surface area contributed by atoms with Crippen molar-refractivity contribution in [3.63, 3.8) is 0 Å². The Balaban J connectivity index is 2.55. The largest absolute Gasteiger partial charge is 0.416 e. The van der Waals surface area contributed by atoms with Crippen molar-refractivity contribution in [3.05, 3.63) is 64.2 Å². The SMILES string of the molecule is NNC(c1cc(C(F)(F)F)ccc1N)c1ccccc1Cl. The second kappa shape index (κ2) is 5.93. The maximum Gasteiger partial charge on any atom is 0.416 e. The Bertz CT molecular complexity index is 644. The molecule has 0 bridgehead atoms. The molecule has 0 fully saturated rings. The lowest BCUT2D eigenvalue weighted by Crippen LogP contribution is -2.30. The monoisotopic (exact) mass is 315 g/mol. The van der Waals surface area contributed by atoms with Gasteiger partial charge in [-0.1, -0.05) is 29.8 Å². The molecular formula is C14H13ClF3N3. The highest BCUT2D eigenvalue weighted by molar-refractivity contribution is 6.31. The molecule has 2 aromatic rings. The van der Waals surface area contributed by atoms with Gasteiger partial charge in [0.2, 0.25) is 0 Å². The normalized spacial score (nSPS) is 13.2. The van der Waals surface area contributed by atoms with E-state index in [4.69, 9.17) is 23.2 Å². The van der Waals surface area contributed by atoms with Crippen LogP contribution in [0.2, 0.25) is 5.02 Å². The van der Waals surface area contributed by atoms with Crippen LogP contribution in [0, 0.1) is 0 Å². The molecule has 0 aliphatic carbocycles. The van der Waals surface area contributed by atoms with Crippen LogP contribution >= 0.6 is 11.6 Å². The van der Waals surface area contributed by atoms with Crippen molar-refractivity contribution in [2.75, 3.05) is 5.73 Å². The number of hydrogen-bond donors (Lipinski definition) is 3. The van der Waals surface area contributed by atoms with Crippen molar-refractivity contribution < 1.29 is 13.2 Å². The predicted molar refractivity (Wildman–Crippen MR) is 76.5 cm³/mol. The molecule has 0 aliphatic rings. The van der Waals surface area contributed by atoms with Crippen LogP contribution in [0.3, 0.4) is 0 Å². The summed E-state index contributed by atoms with van der Waals surface area (Å²) in [4.78, 5) is 0. The van der Waals surface area contributed by atoms with Gasteiger partial charge >= 0.3 is 6.18 Å². The van der Waals surface area contributed by atoms with Gasteiger partial charge in [-0.2, -0.15) is 13.2 Å². The van der Waals surface area contributed by atoms with Crippen molar-refractivity contribution >= 4 is 17.3 Å². The summed E-state index contributed by atoms with van der Waals surface area (Å²) >= 11 is 6.07. The first-order valence-electron chi connectivity index (χ1n) is 6.01. The molecule has 1 unspecified atom stereocenters. The summed E-state index contributed by atoms with van der Waals surface area (Å²) < 4.78 is 38.5. The number of nitrogens with two attached hydrogens (primary N) is 2. The van der Waals surface area contributed by atoms with E-state index in [1.54, 1.807) is 24.3 Å². The first kappa shape index (κ1) is 15.6.